The van der Waals surface area contributed by atoms with E-state index in [0.717, 1.165) is 6.54 Å². The Balaban J connectivity index is 2.45. The van der Waals surface area contributed by atoms with Crippen LogP contribution in [-0.2, 0) is 0 Å². The van der Waals surface area contributed by atoms with Crippen LogP contribution in [0.3, 0.4) is 0 Å². The second-order valence-corrected chi connectivity index (χ2v) is 5.14. The summed E-state index contributed by atoms with van der Waals surface area (Å²) >= 11 is 0. The molecule has 1 rings (SSSR count). The molecule has 1 aliphatic rings. The van der Waals surface area contributed by atoms with E-state index < -0.39 is 0 Å². The highest BCUT2D eigenvalue weighted by atomic mass is 15.2. The van der Waals surface area contributed by atoms with Crippen LogP contribution in [-0.4, -0.2) is 30.6 Å². The molecule has 2 N–H and O–H groups in total. The fourth-order valence-corrected chi connectivity index (χ4v) is 2.03. The predicted octanol–water partition coefficient (Wildman–Crippen LogP) is 1.85. The van der Waals surface area contributed by atoms with Crippen molar-refractivity contribution in [3.63, 3.8) is 0 Å². The number of nitrogens with two attached hydrogens (primary N) is 1. The van der Waals surface area contributed by atoms with E-state index in [4.69, 9.17) is 5.73 Å². The summed E-state index contributed by atoms with van der Waals surface area (Å²) in [6.07, 6.45) is 4.01. The van der Waals surface area contributed by atoms with Crippen molar-refractivity contribution in [2.45, 2.75) is 46.1 Å². The van der Waals surface area contributed by atoms with Crippen LogP contribution in [0, 0.1) is 5.41 Å². The topological polar surface area (TPSA) is 29.3 Å². The van der Waals surface area contributed by atoms with Gasteiger partial charge in [0.15, 0.2) is 0 Å². The second-order valence-electron chi connectivity index (χ2n) is 5.14. The van der Waals surface area contributed by atoms with E-state index in [1.807, 2.05) is 0 Å². The summed E-state index contributed by atoms with van der Waals surface area (Å²) in [5.41, 5.74) is 6.22. The monoisotopic (exact) mass is 184 g/mol. The highest BCUT2D eigenvalue weighted by Crippen LogP contribution is 2.30. The summed E-state index contributed by atoms with van der Waals surface area (Å²) in [4.78, 5) is 2.54. The van der Waals surface area contributed by atoms with Crippen LogP contribution in [0.4, 0.5) is 0 Å². The van der Waals surface area contributed by atoms with Gasteiger partial charge in [-0.05, 0) is 44.7 Å². The molecule has 1 saturated heterocycles. The maximum atomic E-state index is 5.68. The molecule has 0 saturated carbocycles. The molecule has 1 unspecified atom stereocenters. The standard InChI is InChI=1S/C11H24N2/c1-10(9-12)13-7-4-5-11(2,3)6-8-13/h10H,4-9,12H2,1-3H3. The first kappa shape index (κ1) is 11.0. The predicted molar refractivity (Wildman–Crippen MR) is 57.7 cm³/mol. The number of rotatable bonds is 2. The fraction of sp³-hybridized carbons (Fsp3) is 1.00. The number of nitrogens with zero attached hydrogens (tertiary/aromatic N) is 1. The molecule has 2 heteroatoms. The van der Waals surface area contributed by atoms with Gasteiger partial charge < -0.3 is 5.73 Å². The minimum absolute atomic E-state index is 0.545. The van der Waals surface area contributed by atoms with Crippen LogP contribution in [0.1, 0.15) is 40.0 Å². The van der Waals surface area contributed by atoms with Gasteiger partial charge in [0.05, 0.1) is 0 Å². The molecule has 0 bridgehead atoms. The lowest BCUT2D eigenvalue weighted by atomic mass is 9.85. The molecule has 1 aliphatic heterocycles. The first-order valence-corrected chi connectivity index (χ1v) is 5.49. The zero-order chi connectivity index (χ0) is 9.90. The van der Waals surface area contributed by atoms with Gasteiger partial charge in [0.25, 0.3) is 0 Å². The SMILES string of the molecule is CC(CN)N1CCCC(C)(C)CC1. The molecule has 0 aromatic carbocycles. The summed E-state index contributed by atoms with van der Waals surface area (Å²) < 4.78 is 0. The fourth-order valence-electron chi connectivity index (χ4n) is 2.03. The number of hydrogen-bond donors (Lipinski definition) is 1. The van der Waals surface area contributed by atoms with Crippen molar-refractivity contribution in [2.24, 2.45) is 11.1 Å². The van der Waals surface area contributed by atoms with Crippen molar-refractivity contribution in [2.75, 3.05) is 19.6 Å². The largest absolute Gasteiger partial charge is 0.329 e. The molecule has 1 heterocycles. The Kier molecular flexibility index (Phi) is 3.74. The van der Waals surface area contributed by atoms with E-state index in [1.165, 1.54) is 32.4 Å². The van der Waals surface area contributed by atoms with Gasteiger partial charge in [0.1, 0.15) is 0 Å². The average Bonchev–Trinajstić information content (AvgIpc) is 2.25. The highest BCUT2D eigenvalue weighted by molar-refractivity contribution is 4.78. The normalized spacial score (nSPS) is 26.8. The Bertz CT molecular complexity index is 154. The summed E-state index contributed by atoms with van der Waals surface area (Å²) in [5.74, 6) is 0. The first-order chi connectivity index (χ1) is 6.05. The molecule has 0 radical (unpaired) electrons. The minimum atomic E-state index is 0.545. The Hall–Kier alpha value is -0.0800. The molecular formula is C11H24N2. The summed E-state index contributed by atoms with van der Waals surface area (Å²) in [6, 6.07) is 0.564. The molecular weight excluding hydrogens is 160 g/mol. The molecule has 0 aromatic heterocycles. The Labute approximate surface area is 82.5 Å². The van der Waals surface area contributed by atoms with Gasteiger partial charge in [-0.15, -0.1) is 0 Å². The molecule has 1 fully saturated rings. The van der Waals surface area contributed by atoms with E-state index in [0.29, 0.717) is 11.5 Å². The third-order valence-electron chi connectivity index (χ3n) is 3.34. The smallest absolute Gasteiger partial charge is 0.0190 e. The molecule has 0 aromatic rings. The van der Waals surface area contributed by atoms with Gasteiger partial charge in [-0.3, -0.25) is 4.90 Å². The molecule has 13 heavy (non-hydrogen) atoms. The van der Waals surface area contributed by atoms with E-state index in [1.54, 1.807) is 0 Å². The van der Waals surface area contributed by atoms with E-state index >= 15 is 0 Å². The summed E-state index contributed by atoms with van der Waals surface area (Å²) in [7, 11) is 0. The third kappa shape index (κ3) is 3.28. The Morgan fingerprint density at radius 3 is 2.62 bits per heavy atom. The van der Waals surface area contributed by atoms with Gasteiger partial charge in [-0.1, -0.05) is 13.8 Å². The number of hydrogen-bond acceptors (Lipinski definition) is 2. The molecule has 78 valence electrons. The molecule has 2 nitrogen and oxygen atoms in total. The van der Waals surface area contributed by atoms with Crippen molar-refractivity contribution in [1.82, 2.24) is 4.90 Å². The van der Waals surface area contributed by atoms with Crippen LogP contribution < -0.4 is 5.73 Å². The van der Waals surface area contributed by atoms with Gasteiger partial charge in [-0.25, -0.2) is 0 Å². The van der Waals surface area contributed by atoms with Gasteiger partial charge in [-0.2, -0.15) is 0 Å². The van der Waals surface area contributed by atoms with Crippen molar-refractivity contribution in [3.05, 3.63) is 0 Å². The van der Waals surface area contributed by atoms with Gasteiger partial charge in [0.2, 0.25) is 0 Å². The van der Waals surface area contributed by atoms with Crippen molar-refractivity contribution in [3.8, 4) is 0 Å². The molecule has 0 spiro atoms. The highest BCUT2D eigenvalue weighted by Gasteiger charge is 2.24. The second kappa shape index (κ2) is 4.43. The van der Waals surface area contributed by atoms with Gasteiger partial charge in [0, 0.05) is 12.6 Å². The van der Waals surface area contributed by atoms with Crippen LogP contribution in [0.15, 0.2) is 0 Å². The molecule has 0 aliphatic carbocycles. The maximum absolute atomic E-state index is 5.68. The zero-order valence-corrected chi connectivity index (χ0v) is 9.34. The maximum Gasteiger partial charge on any atom is 0.0190 e. The molecule has 1 atom stereocenters. The van der Waals surface area contributed by atoms with E-state index in [2.05, 4.69) is 25.7 Å². The summed E-state index contributed by atoms with van der Waals surface area (Å²) in [6.45, 7) is 10.2. The van der Waals surface area contributed by atoms with Crippen molar-refractivity contribution >= 4 is 0 Å². The Morgan fingerprint density at radius 1 is 1.31 bits per heavy atom. The lowest BCUT2D eigenvalue weighted by molar-refractivity contribution is 0.211. The summed E-state index contributed by atoms with van der Waals surface area (Å²) in [5, 5.41) is 0. The number of likely N-dealkylation sites (tertiary alicyclic amines) is 1. The van der Waals surface area contributed by atoms with Crippen LogP contribution in [0.2, 0.25) is 0 Å². The van der Waals surface area contributed by atoms with Gasteiger partial charge >= 0.3 is 0 Å². The third-order valence-corrected chi connectivity index (χ3v) is 3.34. The quantitative estimate of drug-likeness (QED) is 0.709. The zero-order valence-electron chi connectivity index (χ0n) is 9.34. The Morgan fingerprint density at radius 2 is 2.00 bits per heavy atom. The van der Waals surface area contributed by atoms with Crippen LogP contribution in [0.25, 0.3) is 0 Å². The first-order valence-electron chi connectivity index (χ1n) is 5.49. The average molecular weight is 184 g/mol. The van der Waals surface area contributed by atoms with E-state index in [-0.39, 0.29) is 0 Å². The van der Waals surface area contributed by atoms with Crippen LogP contribution in [0.5, 0.6) is 0 Å². The van der Waals surface area contributed by atoms with Crippen molar-refractivity contribution < 1.29 is 0 Å². The molecule has 0 amide bonds. The van der Waals surface area contributed by atoms with Crippen molar-refractivity contribution in [1.29, 1.82) is 0 Å². The minimum Gasteiger partial charge on any atom is -0.329 e. The lowest BCUT2D eigenvalue weighted by Gasteiger charge is -2.27. The van der Waals surface area contributed by atoms with Crippen LogP contribution >= 0.6 is 0 Å². The lowest BCUT2D eigenvalue weighted by Crippen LogP contribution is -2.39. The van der Waals surface area contributed by atoms with E-state index in [9.17, 15) is 0 Å².